The summed E-state index contributed by atoms with van der Waals surface area (Å²) in [6, 6.07) is 13.3. The molecule has 0 spiro atoms. The highest BCUT2D eigenvalue weighted by molar-refractivity contribution is 5.28. The molecule has 1 aromatic carbocycles. The minimum atomic E-state index is 0.206. The molecule has 114 valence electrons. The normalized spacial score (nSPS) is 13.4. The molecule has 0 saturated carbocycles. The minimum absolute atomic E-state index is 0.206. The van der Waals surface area contributed by atoms with Gasteiger partial charge in [0.25, 0.3) is 0 Å². The van der Waals surface area contributed by atoms with Gasteiger partial charge in [-0.25, -0.2) is 0 Å². The summed E-state index contributed by atoms with van der Waals surface area (Å²) in [5.41, 5.74) is 2.92. The predicted molar refractivity (Wildman–Crippen MR) is 88.7 cm³/mol. The summed E-state index contributed by atoms with van der Waals surface area (Å²) in [7, 11) is 0. The molecule has 0 bridgehead atoms. The molecule has 1 atom stereocenters. The lowest BCUT2D eigenvalue weighted by Crippen LogP contribution is -2.22. The first kappa shape index (κ1) is 15.8. The number of nitrogens with one attached hydrogen (secondary N) is 1. The van der Waals surface area contributed by atoms with Crippen LogP contribution in [0.15, 0.2) is 40.8 Å². The summed E-state index contributed by atoms with van der Waals surface area (Å²) < 4.78 is 5.79. The largest absolute Gasteiger partial charge is 0.465 e. The molecule has 2 rings (SSSR count). The van der Waals surface area contributed by atoms with E-state index in [2.05, 4.69) is 63.3 Å². The lowest BCUT2D eigenvalue weighted by molar-refractivity contribution is 0.403. The van der Waals surface area contributed by atoms with Crippen LogP contribution >= 0.6 is 0 Å². The van der Waals surface area contributed by atoms with Crippen LogP contribution in [0.25, 0.3) is 0 Å². The maximum atomic E-state index is 5.79. The Labute approximate surface area is 128 Å². The highest BCUT2D eigenvalue weighted by Gasteiger charge is 2.16. The van der Waals surface area contributed by atoms with Crippen molar-refractivity contribution in [3.8, 4) is 0 Å². The summed E-state index contributed by atoms with van der Waals surface area (Å²) >= 11 is 0. The Kier molecular flexibility index (Phi) is 4.89. The van der Waals surface area contributed by atoms with Gasteiger partial charge in [-0.15, -0.1) is 0 Å². The first-order valence-electron chi connectivity index (χ1n) is 7.79. The van der Waals surface area contributed by atoms with Gasteiger partial charge >= 0.3 is 0 Å². The fourth-order valence-corrected chi connectivity index (χ4v) is 2.54. The Bertz CT molecular complexity index is 560. The van der Waals surface area contributed by atoms with E-state index in [1.165, 1.54) is 11.1 Å². The first-order valence-corrected chi connectivity index (χ1v) is 7.79. The lowest BCUT2D eigenvalue weighted by atomic mass is 9.86. The van der Waals surface area contributed by atoms with E-state index in [1.54, 1.807) is 0 Å². The average Bonchev–Trinajstić information content (AvgIpc) is 2.84. The number of aryl methyl sites for hydroxylation is 1. The van der Waals surface area contributed by atoms with Crippen LogP contribution in [0.4, 0.5) is 0 Å². The van der Waals surface area contributed by atoms with Crippen LogP contribution in [0.2, 0.25) is 0 Å². The van der Waals surface area contributed by atoms with Gasteiger partial charge in [0, 0.05) is 0 Å². The summed E-state index contributed by atoms with van der Waals surface area (Å²) in [6.45, 7) is 11.8. The Morgan fingerprint density at radius 1 is 1.05 bits per heavy atom. The van der Waals surface area contributed by atoms with Crippen molar-refractivity contribution in [1.29, 1.82) is 0 Å². The highest BCUT2D eigenvalue weighted by Crippen LogP contribution is 2.25. The fraction of sp³-hybridized carbons (Fsp3) is 0.474. The van der Waals surface area contributed by atoms with Gasteiger partial charge in [-0.1, -0.05) is 52.0 Å². The number of rotatable bonds is 5. The third kappa shape index (κ3) is 4.21. The van der Waals surface area contributed by atoms with Crippen molar-refractivity contribution in [2.24, 2.45) is 0 Å². The van der Waals surface area contributed by atoms with Crippen molar-refractivity contribution >= 4 is 0 Å². The molecular formula is C19H27NO. The van der Waals surface area contributed by atoms with Crippen LogP contribution in [0.5, 0.6) is 0 Å². The monoisotopic (exact) mass is 285 g/mol. The molecule has 0 aliphatic heterocycles. The SMILES string of the molecule is CCNC(Cc1ccc(C(C)(C)C)cc1)c1ccc(C)o1. The van der Waals surface area contributed by atoms with E-state index in [1.807, 2.05) is 13.0 Å². The second-order valence-electron chi connectivity index (χ2n) is 6.71. The van der Waals surface area contributed by atoms with E-state index in [4.69, 9.17) is 4.42 Å². The van der Waals surface area contributed by atoms with Crippen molar-refractivity contribution in [1.82, 2.24) is 5.32 Å². The first-order chi connectivity index (χ1) is 9.90. The topological polar surface area (TPSA) is 25.2 Å². The third-order valence-corrected chi connectivity index (χ3v) is 3.81. The van der Waals surface area contributed by atoms with E-state index in [0.29, 0.717) is 0 Å². The Hall–Kier alpha value is -1.54. The number of hydrogen-bond donors (Lipinski definition) is 1. The van der Waals surface area contributed by atoms with Gasteiger partial charge in [-0.05, 0) is 48.6 Å². The Morgan fingerprint density at radius 3 is 2.19 bits per heavy atom. The van der Waals surface area contributed by atoms with Gasteiger partial charge in [-0.3, -0.25) is 0 Å². The fourth-order valence-electron chi connectivity index (χ4n) is 2.54. The molecule has 2 nitrogen and oxygen atoms in total. The van der Waals surface area contributed by atoms with Crippen LogP contribution in [-0.4, -0.2) is 6.54 Å². The van der Waals surface area contributed by atoms with Crippen molar-refractivity contribution in [3.63, 3.8) is 0 Å². The molecule has 0 aliphatic rings. The van der Waals surface area contributed by atoms with Gasteiger partial charge in [0.2, 0.25) is 0 Å². The zero-order valence-electron chi connectivity index (χ0n) is 13.9. The highest BCUT2D eigenvalue weighted by atomic mass is 16.3. The quantitative estimate of drug-likeness (QED) is 0.855. The molecule has 1 aromatic heterocycles. The van der Waals surface area contributed by atoms with Crippen LogP contribution in [0.3, 0.4) is 0 Å². The van der Waals surface area contributed by atoms with Gasteiger partial charge in [-0.2, -0.15) is 0 Å². The molecule has 2 heteroatoms. The zero-order chi connectivity index (χ0) is 15.5. The van der Waals surface area contributed by atoms with Crippen LogP contribution in [-0.2, 0) is 11.8 Å². The van der Waals surface area contributed by atoms with E-state index >= 15 is 0 Å². The molecule has 0 saturated heterocycles. The van der Waals surface area contributed by atoms with Crippen LogP contribution < -0.4 is 5.32 Å². The zero-order valence-corrected chi connectivity index (χ0v) is 13.9. The molecule has 0 radical (unpaired) electrons. The van der Waals surface area contributed by atoms with Gasteiger partial charge in [0.15, 0.2) is 0 Å². The van der Waals surface area contributed by atoms with Crippen molar-refractivity contribution in [2.45, 2.75) is 52.5 Å². The predicted octanol–water partition coefficient (Wildman–Crippen LogP) is 4.78. The summed E-state index contributed by atoms with van der Waals surface area (Å²) in [5, 5.41) is 3.51. The van der Waals surface area contributed by atoms with Crippen molar-refractivity contribution in [3.05, 3.63) is 59.0 Å². The maximum absolute atomic E-state index is 5.79. The van der Waals surface area contributed by atoms with Crippen molar-refractivity contribution in [2.75, 3.05) is 6.54 Å². The van der Waals surface area contributed by atoms with Gasteiger partial charge < -0.3 is 9.73 Å². The molecule has 0 amide bonds. The van der Waals surface area contributed by atoms with E-state index in [9.17, 15) is 0 Å². The Balaban J connectivity index is 2.14. The smallest absolute Gasteiger partial charge is 0.121 e. The summed E-state index contributed by atoms with van der Waals surface area (Å²) in [4.78, 5) is 0. The van der Waals surface area contributed by atoms with Gasteiger partial charge in [0.05, 0.1) is 6.04 Å². The second-order valence-corrected chi connectivity index (χ2v) is 6.71. The number of likely N-dealkylation sites (N-methyl/N-ethyl adjacent to an activating group) is 1. The van der Waals surface area contributed by atoms with Gasteiger partial charge in [0.1, 0.15) is 11.5 Å². The molecule has 1 unspecified atom stereocenters. The molecule has 0 aliphatic carbocycles. The molecule has 1 N–H and O–H groups in total. The lowest BCUT2D eigenvalue weighted by Gasteiger charge is -2.20. The Morgan fingerprint density at radius 2 is 1.71 bits per heavy atom. The molecule has 0 fully saturated rings. The number of hydrogen-bond acceptors (Lipinski definition) is 2. The molecular weight excluding hydrogens is 258 g/mol. The summed E-state index contributed by atoms with van der Waals surface area (Å²) in [5.74, 6) is 1.99. The second kappa shape index (κ2) is 6.48. The van der Waals surface area contributed by atoms with E-state index < -0.39 is 0 Å². The van der Waals surface area contributed by atoms with Crippen LogP contribution in [0.1, 0.15) is 56.4 Å². The van der Waals surface area contributed by atoms with Crippen LogP contribution in [0, 0.1) is 6.92 Å². The van der Waals surface area contributed by atoms with E-state index in [0.717, 1.165) is 24.5 Å². The standard InChI is InChI=1S/C19H27NO/c1-6-20-17(18-12-7-14(2)21-18)13-15-8-10-16(11-9-15)19(3,4)5/h7-12,17,20H,6,13H2,1-5H3. The average molecular weight is 285 g/mol. The minimum Gasteiger partial charge on any atom is -0.465 e. The molecule has 1 heterocycles. The summed E-state index contributed by atoms with van der Waals surface area (Å²) in [6.07, 6.45) is 0.950. The third-order valence-electron chi connectivity index (χ3n) is 3.81. The molecule has 2 aromatic rings. The maximum Gasteiger partial charge on any atom is 0.121 e. The van der Waals surface area contributed by atoms with Crippen molar-refractivity contribution < 1.29 is 4.42 Å². The number of furan rings is 1. The molecule has 21 heavy (non-hydrogen) atoms. The van der Waals surface area contributed by atoms with E-state index in [-0.39, 0.29) is 11.5 Å². The number of benzene rings is 1.